The van der Waals surface area contributed by atoms with Gasteiger partial charge in [-0.05, 0) is 53.8 Å². The van der Waals surface area contributed by atoms with E-state index < -0.39 is 0 Å². The first-order valence-corrected chi connectivity index (χ1v) is 7.26. The van der Waals surface area contributed by atoms with E-state index in [2.05, 4.69) is 42.5 Å². The number of hydrogen-bond acceptors (Lipinski definition) is 3. The molecule has 3 nitrogen and oxygen atoms in total. The van der Waals surface area contributed by atoms with Crippen LogP contribution in [0.3, 0.4) is 0 Å². The van der Waals surface area contributed by atoms with E-state index >= 15 is 0 Å². The van der Waals surface area contributed by atoms with Gasteiger partial charge in [0.05, 0.1) is 0 Å². The van der Waals surface area contributed by atoms with Gasteiger partial charge in [-0.25, -0.2) is 0 Å². The van der Waals surface area contributed by atoms with Gasteiger partial charge in [-0.1, -0.05) is 0 Å². The highest BCUT2D eigenvalue weighted by atomic mass is 15.3. The summed E-state index contributed by atoms with van der Waals surface area (Å²) in [5.74, 6) is 0. The summed E-state index contributed by atoms with van der Waals surface area (Å²) >= 11 is 0. The largest absolute Gasteiger partial charge is 0.306 e. The van der Waals surface area contributed by atoms with Gasteiger partial charge in [0.15, 0.2) is 0 Å². The van der Waals surface area contributed by atoms with Gasteiger partial charge in [-0.15, -0.1) is 0 Å². The van der Waals surface area contributed by atoms with Gasteiger partial charge in [0.2, 0.25) is 0 Å². The molecule has 0 aromatic heterocycles. The highest BCUT2D eigenvalue weighted by molar-refractivity contribution is 4.87. The maximum atomic E-state index is 2.75. The SMILES string of the molecule is CC(C)N1CCN(C2CCN(C)CC2)CC1C. The molecule has 0 N–H and O–H groups in total. The third-order valence-electron chi connectivity index (χ3n) is 4.58. The van der Waals surface area contributed by atoms with Crippen LogP contribution in [0.4, 0.5) is 0 Å². The zero-order valence-corrected chi connectivity index (χ0v) is 12.0. The second-order valence-corrected chi connectivity index (χ2v) is 6.21. The molecule has 2 fully saturated rings. The van der Waals surface area contributed by atoms with E-state index in [1.54, 1.807) is 0 Å². The number of piperazine rings is 1. The molecule has 0 radical (unpaired) electrons. The van der Waals surface area contributed by atoms with E-state index in [1.165, 1.54) is 45.6 Å². The molecule has 17 heavy (non-hydrogen) atoms. The zero-order valence-electron chi connectivity index (χ0n) is 12.0. The smallest absolute Gasteiger partial charge is 0.0198 e. The summed E-state index contributed by atoms with van der Waals surface area (Å²) in [5.41, 5.74) is 0. The van der Waals surface area contributed by atoms with Gasteiger partial charge in [-0.3, -0.25) is 9.80 Å². The molecule has 0 spiro atoms. The van der Waals surface area contributed by atoms with Crippen LogP contribution in [0.5, 0.6) is 0 Å². The Hall–Kier alpha value is -0.120. The predicted molar refractivity (Wildman–Crippen MR) is 73.4 cm³/mol. The number of likely N-dealkylation sites (tertiary alicyclic amines) is 1. The topological polar surface area (TPSA) is 9.72 Å². The van der Waals surface area contributed by atoms with Crippen LogP contribution in [0.2, 0.25) is 0 Å². The first kappa shape index (κ1) is 13.3. The summed E-state index contributed by atoms with van der Waals surface area (Å²) in [4.78, 5) is 7.85. The molecule has 100 valence electrons. The fraction of sp³-hybridized carbons (Fsp3) is 1.00. The van der Waals surface area contributed by atoms with Crippen LogP contribution in [0.25, 0.3) is 0 Å². The van der Waals surface area contributed by atoms with Crippen molar-refractivity contribution in [2.45, 2.75) is 51.7 Å². The van der Waals surface area contributed by atoms with Crippen molar-refractivity contribution in [2.24, 2.45) is 0 Å². The van der Waals surface area contributed by atoms with Crippen molar-refractivity contribution < 1.29 is 0 Å². The number of nitrogens with zero attached hydrogens (tertiary/aromatic N) is 3. The summed E-state index contributed by atoms with van der Waals surface area (Å²) in [6.07, 6.45) is 2.73. The highest BCUT2D eigenvalue weighted by Crippen LogP contribution is 2.20. The van der Waals surface area contributed by atoms with Gasteiger partial charge in [0, 0.05) is 37.8 Å². The fourth-order valence-electron chi connectivity index (χ4n) is 3.46. The maximum Gasteiger partial charge on any atom is 0.0198 e. The van der Waals surface area contributed by atoms with Crippen molar-refractivity contribution in [3.8, 4) is 0 Å². The van der Waals surface area contributed by atoms with E-state index in [0.29, 0.717) is 6.04 Å². The first-order chi connectivity index (χ1) is 8.08. The average Bonchev–Trinajstić information content (AvgIpc) is 2.29. The molecule has 0 amide bonds. The van der Waals surface area contributed by atoms with Crippen molar-refractivity contribution in [1.82, 2.24) is 14.7 Å². The molecule has 0 bridgehead atoms. The normalized spacial score (nSPS) is 31.2. The van der Waals surface area contributed by atoms with Gasteiger partial charge < -0.3 is 4.90 Å². The molecule has 0 saturated carbocycles. The van der Waals surface area contributed by atoms with E-state index in [1.807, 2.05) is 0 Å². The highest BCUT2D eigenvalue weighted by Gasteiger charge is 2.30. The van der Waals surface area contributed by atoms with Gasteiger partial charge in [-0.2, -0.15) is 0 Å². The third-order valence-corrected chi connectivity index (χ3v) is 4.58. The molecule has 0 aromatic rings. The molecule has 3 heteroatoms. The van der Waals surface area contributed by atoms with Crippen molar-refractivity contribution in [3.63, 3.8) is 0 Å². The minimum absolute atomic E-state index is 0.699. The Kier molecular flexibility index (Phi) is 4.45. The van der Waals surface area contributed by atoms with Crippen LogP contribution in [0.1, 0.15) is 33.6 Å². The Balaban J connectivity index is 1.84. The van der Waals surface area contributed by atoms with Crippen molar-refractivity contribution in [2.75, 3.05) is 39.8 Å². The molecular formula is C14H29N3. The summed E-state index contributed by atoms with van der Waals surface area (Å²) in [6.45, 7) is 13.4. The second kappa shape index (κ2) is 5.68. The molecule has 2 rings (SSSR count). The third kappa shape index (κ3) is 3.21. The van der Waals surface area contributed by atoms with Gasteiger partial charge in [0.1, 0.15) is 0 Å². The van der Waals surface area contributed by atoms with Crippen LogP contribution in [0, 0.1) is 0 Å². The Bertz CT molecular complexity index is 234. The lowest BCUT2D eigenvalue weighted by Crippen LogP contribution is -2.57. The first-order valence-electron chi connectivity index (χ1n) is 7.26. The molecular weight excluding hydrogens is 210 g/mol. The molecule has 0 aromatic carbocycles. The van der Waals surface area contributed by atoms with E-state index in [-0.39, 0.29) is 0 Å². The Morgan fingerprint density at radius 1 is 1.00 bits per heavy atom. The lowest BCUT2D eigenvalue weighted by atomic mass is 10.0. The summed E-state index contributed by atoms with van der Waals surface area (Å²) in [7, 11) is 2.25. The van der Waals surface area contributed by atoms with Crippen molar-refractivity contribution in [1.29, 1.82) is 0 Å². The monoisotopic (exact) mass is 239 g/mol. The van der Waals surface area contributed by atoms with Crippen LogP contribution >= 0.6 is 0 Å². The van der Waals surface area contributed by atoms with Crippen LogP contribution < -0.4 is 0 Å². The minimum atomic E-state index is 0.699. The molecule has 2 heterocycles. The summed E-state index contributed by atoms with van der Waals surface area (Å²) in [5, 5.41) is 0. The standard InChI is InChI=1S/C14H29N3/c1-12(2)17-10-9-16(11-13(17)3)14-5-7-15(4)8-6-14/h12-14H,5-11H2,1-4H3. The van der Waals surface area contributed by atoms with Crippen molar-refractivity contribution in [3.05, 3.63) is 0 Å². The number of piperidine rings is 1. The lowest BCUT2D eigenvalue weighted by Gasteiger charge is -2.46. The average molecular weight is 239 g/mol. The fourth-order valence-corrected chi connectivity index (χ4v) is 3.46. The predicted octanol–water partition coefficient (Wildman–Crippen LogP) is 1.50. The quantitative estimate of drug-likeness (QED) is 0.723. The summed E-state index contributed by atoms with van der Waals surface area (Å²) < 4.78 is 0. The molecule has 2 aliphatic rings. The molecule has 0 aliphatic carbocycles. The maximum absolute atomic E-state index is 2.75. The zero-order chi connectivity index (χ0) is 12.4. The van der Waals surface area contributed by atoms with E-state index in [4.69, 9.17) is 0 Å². The number of rotatable bonds is 2. The second-order valence-electron chi connectivity index (χ2n) is 6.21. The van der Waals surface area contributed by atoms with Crippen LogP contribution in [-0.2, 0) is 0 Å². The van der Waals surface area contributed by atoms with Gasteiger partial charge >= 0.3 is 0 Å². The van der Waals surface area contributed by atoms with Crippen LogP contribution in [0.15, 0.2) is 0 Å². The van der Waals surface area contributed by atoms with E-state index in [0.717, 1.165) is 12.1 Å². The lowest BCUT2D eigenvalue weighted by molar-refractivity contribution is 0.0199. The number of hydrogen-bond donors (Lipinski definition) is 0. The molecule has 2 aliphatic heterocycles. The Labute approximate surface area is 107 Å². The van der Waals surface area contributed by atoms with Crippen LogP contribution in [-0.4, -0.2) is 72.6 Å². The minimum Gasteiger partial charge on any atom is -0.306 e. The summed E-state index contributed by atoms with van der Waals surface area (Å²) in [6, 6.07) is 2.27. The van der Waals surface area contributed by atoms with Crippen molar-refractivity contribution >= 4 is 0 Å². The molecule has 1 atom stereocenters. The van der Waals surface area contributed by atoms with E-state index in [9.17, 15) is 0 Å². The molecule has 2 saturated heterocycles. The Morgan fingerprint density at radius 3 is 2.18 bits per heavy atom. The van der Waals surface area contributed by atoms with Gasteiger partial charge in [0.25, 0.3) is 0 Å². The molecule has 1 unspecified atom stereocenters. The Morgan fingerprint density at radius 2 is 1.65 bits per heavy atom.